The Labute approximate surface area is 148 Å². The Morgan fingerprint density at radius 3 is 2.54 bits per heavy atom. The molecule has 0 radical (unpaired) electrons. The number of aryl methyl sites for hydroxylation is 1. The van der Waals surface area contributed by atoms with Crippen molar-refractivity contribution < 1.29 is 9.59 Å². The molecule has 0 aliphatic carbocycles. The third-order valence-corrected chi connectivity index (χ3v) is 4.11. The summed E-state index contributed by atoms with van der Waals surface area (Å²) in [4.78, 5) is 35.7. The number of carbonyl (C=O) groups is 2. The standard InChI is InChI=1S/C16H15Cl2N3O3/c1-9(15(23)20-10-6-7-13(22)21(2)8-10)19-16(24)11-4-3-5-12(17)14(11)18/h3-9H,1-2H3,(H,19,24)(H,20,23)/t9-/m0/s1. The molecule has 126 valence electrons. The van der Waals surface area contributed by atoms with Crippen LogP contribution in [0.2, 0.25) is 10.0 Å². The van der Waals surface area contributed by atoms with Gasteiger partial charge in [0.1, 0.15) is 6.04 Å². The molecule has 6 nitrogen and oxygen atoms in total. The first kappa shape index (κ1) is 18.0. The Morgan fingerprint density at radius 2 is 1.88 bits per heavy atom. The van der Waals surface area contributed by atoms with Crippen LogP contribution in [0.25, 0.3) is 0 Å². The maximum absolute atomic E-state index is 12.2. The average Bonchev–Trinajstić information content (AvgIpc) is 2.53. The Bertz CT molecular complexity index is 849. The van der Waals surface area contributed by atoms with E-state index >= 15 is 0 Å². The molecule has 2 aromatic rings. The Hall–Kier alpha value is -2.31. The topological polar surface area (TPSA) is 80.2 Å². The number of hydrogen-bond donors (Lipinski definition) is 2. The van der Waals surface area contributed by atoms with Gasteiger partial charge < -0.3 is 15.2 Å². The summed E-state index contributed by atoms with van der Waals surface area (Å²) in [6.45, 7) is 1.54. The minimum atomic E-state index is -0.815. The van der Waals surface area contributed by atoms with Crippen LogP contribution in [0.4, 0.5) is 5.69 Å². The molecule has 1 atom stereocenters. The highest BCUT2D eigenvalue weighted by molar-refractivity contribution is 6.43. The fourth-order valence-corrected chi connectivity index (χ4v) is 2.32. The van der Waals surface area contributed by atoms with Crippen molar-refractivity contribution in [3.63, 3.8) is 0 Å². The number of nitrogens with one attached hydrogen (secondary N) is 2. The second-order valence-corrected chi connectivity index (χ2v) is 5.94. The number of halogens is 2. The minimum Gasteiger partial charge on any atom is -0.340 e. The number of pyridine rings is 1. The number of nitrogens with zero attached hydrogens (tertiary/aromatic N) is 1. The number of amides is 2. The van der Waals surface area contributed by atoms with Crippen LogP contribution in [-0.2, 0) is 11.8 Å². The van der Waals surface area contributed by atoms with E-state index in [1.54, 1.807) is 19.2 Å². The van der Waals surface area contributed by atoms with Crippen LogP contribution < -0.4 is 16.2 Å². The van der Waals surface area contributed by atoms with E-state index in [9.17, 15) is 14.4 Å². The molecule has 0 saturated heterocycles. The lowest BCUT2D eigenvalue weighted by Crippen LogP contribution is -2.41. The Kier molecular flexibility index (Phi) is 5.64. The van der Waals surface area contributed by atoms with Crippen LogP contribution in [0.5, 0.6) is 0 Å². The zero-order valence-corrected chi connectivity index (χ0v) is 14.5. The first-order chi connectivity index (χ1) is 11.3. The molecule has 0 fully saturated rings. The van der Waals surface area contributed by atoms with Gasteiger partial charge in [-0.2, -0.15) is 0 Å². The monoisotopic (exact) mass is 367 g/mol. The first-order valence-electron chi connectivity index (χ1n) is 7.02. The van der Waals surface area contributed by atoms with Gasteiger partial charge >= 0.3 is 0 Å². The van der Waals surface area contributed by atoms with Crippen LogP contribution >= 0.6 is 23.2 Å². The van der Waals surface area contributed by atoms with Crippen molar-refractivity contribution in [1.82, 2.24) is 9.88 Å². The fraction of sp³-hybridized carbons (Fsp3) is 0.188. The van der Waals surface area contributed by atoms with Crippen molar-refractivity contribution in [2.24, 2.45) is 7.05 Å². The van der Waals surface area contributed by atoms with E-state index in [1.807, 2.05) is 0 Å². The highest BCUT2D eigenvalue weighted by Crippen LogP contribution is 2.25. The van der Waals surface area contributed by atoms with Crippen LogP contribution in [-0.4, -0.2) is 22.4 Å². The molecular formula is C16H15Cl2N3O3. The third-order valence-electron chi connectivity index (χ3n) is 3.29. The second kappa shape index (κ2) is 7.51. The van der Waals surface area contributed by atoms with Crippen molar-refractivity contribution in [2.75, 3.05) is 5.32 Å². The van der Waals surface area contributed by atoms with Gasteiger partial charge in [-0.15, -0.1) is 0 Å². The number of aromatic nitrogens is 1. The van der Waals surface area contributed by atoms with Crippen LogP contribution in [0, 0.1) is 0 Å². The molecule has 0 unspecified atom stereocenters. The van der Waals surface area contributed by atoms with Gasteiger partial charge in [-0.25, -0.2) is 0 Å². The van der Waals surface area contributed by atoms with Crippen LogP contribution in [0.15, 0.2) is 41.3 Å². The largest absolute Gasteiger partial charge is 0.340 e. The molecule has 1 heterocycles. The van der Waals surface area contributed by atoms with Crippen molar-refractivity contribution in [3.05, 3.63) is 62.5 Å². The number of carbonyl (C=O) groups excluding carboxylic acids is 2. The zero-order chi connectivity index (χ0) is 17.9. The summed E-state index contributed by atoms with van der Waals surface area (Å²) in [6, 6.07) is 6.69. The van der Waals surface area contributed by atoms with Crippen molar-refractivity contribution in [3.8, 4) is 0 Å². The molecule has 0 spiro atoms. The van der Waals surface area contributed by atoms with Crippen molar-refractivity contribution in [1.29, 1.82) is 0 Å². The molecule has 0 saturated carbocycles. The van der Waals surface area contributed by atoms with E-state index in [1.165, 1.54) is 35.9 Å². The molecule has 8 heteroatoms. The summed E-state index contributed by atoms with van der Waals surface area (Å²) in [6.07, 6.45) is 1.49. The van der Waals surface area contributed by atoms with E-state index in [0.29, 0.717) is 5.69 Å². The van der Waals surface area contributed by atoms with Gasteiger partial charge in [0.05, 0.1) is 21.3 Å². The smallest absolute Gasteiger partial charge is 0.253 e. The highest BCUT2D eigenvalue weighted by Gasteiger charge is 2.19. The van der Waals surface area contributed by atoms with E-state index in [-0.39, 0.29) is 21.2 Å². The van der Waals surface area contributed by atoms with Crippen LogP contribution in [0.3, 0.4) is 0 Å². The van der Waals surface area contributed by atoms with Gasteiger partial charge in [0, 0.05) is 19.3 Å². The van der Waals surface area contributed by atoms with E-state index in [2.05, 4.69) is 10.6 Å². The summed E-state index contributed by atoms with van der Waals surface area (Å²) in [5, 5.41) is 5.55. The predicted octanol–water partition coefficient (Wildman–Crippen LogP) is 2.45. The Morgan fingerprint density at radius 1 is 1.17 bits per heavy atom. The molecular weight excluding hydrogens is 353 g/mol. The lowest BCUT2D eigenvalue weighted by molar-refractivity contribution is -0.117. The van der Waals surface area contributed by atoms with E-state index in [0.717, 1.165) is 0 Å². The summed E-state index contributed by atoms with van der Waals surface area (Å²) in [7, 11) is 1.57. The van der Waals surface area contributed by atoms with Gasteiger partial charge in [-0.3, -0.25) is 14.4 Å². The lowest BCUT2D eigenvalue weighted by atomic mass is 10.2. The summed E-state index contributed by atoms with van der Waals surface area (Å²) < 4.78 is 1.34. The molecule has 1 aromatic carbocycles. The van der Waals surface area contributed by atoms with Gasteiger partial charge in [-0.1, -0.05) is 29.3 Å². The van der Waals surface area contributed by atoms with Crippen molar-refractivity contribution >= 4 is 40.7 Å². The second-order valence-electron chi connectivity index (χ2n) is 5.15. The number of benzene rings is 1. The lowest BCUT2D eigenvalue weighted by Gasteiger charge is -2.15. The molecule has 2 rings (SSSR count). The van der Waals surface area contributed by atoms with Gasteiger partial charge in [0.15, 0.2) is 0 Å². The zero-order valence-electron chi connectivity index (χ0n) is 13.0. The molecule has 0 aliphatic heterocycles. The van der Waals surface area contributed by atoms with Crippen LogP contribution in [0.1, 0.15) is 17.3 Å². The fourth-order valence-electron chi connectivity index (χ4n) is 1.94. The average molecular weight is 368 g/mol. The minimum absolute atomic E-state index is 0.127. The molecule has 1 aromatic heterocycles. The van der Waals surface area contributed by atoms with Gasteiger partial charge in [0.25, 0.3) is 5.91 Å². The maximum atomic E-state index is 12.2. The first-order valence-corrected chi connectivity index (χ1v) is 7.77. The molecule has 2 amide bonds. The summed E-state index contributed by atoms with van der Waals surface area (Å²) in [5.41, 5.74) is 0.444. The summed E-state index contributed by atoms with van der Waals surface area (Å²) in [5.74, 6) is -0.939. The number of anilines is 1. The van der Waals surface area contributed by atoms with Gasteiger partial charge in [-0.05, 0) is 25.1 Å². The maximum Gasteiger partial charge on any atom is 0.253 e. The molecule has 0 aliphatic rings. The third kappa shape index (κ3) is 4.15. The quantitative estimate of drug-likeness (QED) is 0.870. The SMILES string of the molecule is C[C@H](NC(=O)c1cccc(Cl)c1Cl)C(=O)Nc1ccc(=O)n(C)c1. The molecule has 24 heavy (non-hydrogen) atoms. The van der Waals surface area contributed by atoms with Crippen molar-refractivity contribution in [2.45, 2.75) is 13.0 Å². The molecule has 2 N–H and O–H groups in total. The normalized spacial score (nSPS) is 11.7. The van der Waals surface area contributed by atoms with Gasteiger partial charge in [0.2, 0.25) is 11.5 Å². The highest BCUT2D eigenvalue weighted by atomic mass is 35.5. The molecule has 0 bridgehead atoms. The van der Waals surface area contributed by atoms with E-state index < -0.39 is 17.9 Å². The predicted molar refractivity (Wildman–Crippen MR) is 93.7 cm³/mol. The Balaban J connectivity index is 2.05. The number of hydrogen-bond acceptors (Lipinski definition) is 3. The number of rotatable bonds is 4. The van der Waals surface area contributed by atoms with E-state index in [4.69, 9.17) is 23.2 Å². The summed E-state index contributed by atoms with van der Waals surface area (Å²) >= 11 is 11.9.